The van der Waals surface area contributed by atoms with Crippen molar-refractivity contribution in [1.29, 1.82) is 0 Å². The summed E-state index contributed by atoms with van der Waals surface area (Å²) in [4.78, 5) is 0. The molecule has 1 saturated carbocycles. The zero-order chi connectivity index (χ0) is 11.5. The van der Waals surface area contributed by atoms with Crippen molar-refractivity contribution in [3.8, 4) is 0 Å². The Hall–Kier alpha value is -0.130. The van der Waals surface area contributed by atoms with E-state index in [9.17, 15) is 0 Å². The second-order valence-corrected chi connectivity index (χ2v) is 7.22. The van der Waals surface area contributed by atoms with Gasteiger partial charge in [-0.2, -0.15) is 0 Å². The van der Waals surface area contributed by atoms with Gasteiger partial charge in [-0.1, -0.05) is 30.0 Å². The number of thioether (sulfide) groups is 1. The van der Waals surface area contributed by atoms with Crippen molar-refractivity contribution >= 4 is 23.1 Å². The number of hydrogen-bond acceptors (Lipinski definition) is 5. The van der Waals surface area contributed by atoms with Crippen molar-refractivity contribution in [2.24, 2.45) is 5.92 Å². The minimum atomic E-state index is 0.630. The molecule has 1 heterocycles. The Morgan fingerprint density at radius 3 is 2.81 bits per heavy atom. The van der Waals surface area contributed by atoms with Crippen molar-refractivity contribution < 1.29 is 0 Å². The lowest BCUT2D eigenvalue weighted by molar-refractivity contribution is 0.329. The number of rotatable bonds is 3. The van der Waals surface area contributed by atoms with Gasteiger partial charge in [0.05, 0.1) is 0 Å². The van der Waals surface area contributed by atoms with Crippen LogP contribution in [-0.2, 0) is 0 Å². The van der Waals surface area contributed by atoms with E-state index in [4.69, 9.17) is 0 Å². The summed E-state index contributed by atoms with van der Waals surface area (Å²) >= 11 is 3.61. The second kappa shape index (κ2) is 5.47. The molecule has 0 spiro atoms. The Morgan fingerprint density at radius 2 is 2.19 bits per heavy atom. The van der Waals surface area contributed by atoms with Crippen molar-refractivity contribution in [2.45, 2.75) is 48.7 Å². The van der Waals surface area contributed by atoms with Gasteiger partial charge < -0.3 is 5.32 Å². The third-order valence-electron chi connectivity index (χ3n) is 3.18. The van der Waals surface area contributed by atoms with Crippen molar-refractivity contribution in [3.05, 3.63) is 5.01 Å². The van der Waals surface area contributed by atoms with Crippen LogP contribution in [0, 0.1) is 12.8 Å². The summed E-state index contributed by atoms with van der Waals surface area (Å²) in [5, 5.41) is 13.4. The fourth-order valence-corrected chi connectivity index (χ4v) is 4.79. The van der Waals surface area contributed by atoms with Gasteiger partial charge in [-0.3, -0.25) is 0 Å². The molecule has 0 aromatic carbocycles. The van der Waals surface area contributed by atoms with Crippen LogP contribution in [0.5, 0.6) is 0 Å². The molecule has 0 radical (unpaired) electrons. The first-order valence-corrected chi connectivity index (χ1v) is 7.52. The summed E-state index contributed by atoms with van der Waals surface area (Å²) in [7, 11) is 2.07. The molecule has 0 saturated heterocycles. The average molecular weight is 257 g/mol. The minimum Gasteiger partial charge on any atom is -0.316 e. The van der Waals surface area contributed by atoms with E-state index in [1.807, 2.05) is 18.7 Å². The van der Waals surface area contributed by atoms with Gasteiger partial charge in [-0.25, -0.2) is 0 Å². The van der Waals surface area contributed by atoms with Crippen LogP contribution in [0.3, 0.4) is 0 Å². The molecule has 2 rings (SSSR count). The molecular weight excluding hydrogens is 238 g/mol. The van der Waals surface area contributed by atoms with Crippen LogP contribution >= 0.6 is 23.1 Å². The Morgan fingerprint density at radius 1 is 1.38 bits per heavy atom. The number of aryl methyl sites for hydroxylation is 1. The maximum absolute atomic E-state index is 4.21. The lowest BCUT2D eigenvalue weighted by Gasteiger charge is -2.33. The number of nitrogens with zero attached hydrogens (tertiary/aromatic N) is 2. The summed E-state index contributed by atoms with van der Waals surface area (Å²) in [6.45, 7) is 4.37. The van der Waals surface area contributed by atoms with E-state index < -0.39 is 0 Å². The quantitative estimate of drug-likeness (QED) is 0.903. The number of nitrogens with one attached hydrogen (secondary N) is 1. The second-order valence-electron chi connectivity index (χ2n) is 4.56. The highest BCUT2D eigenvalue weighted by Gasteiger charge is 2.29. The van der Waals surface area contributed by atoms with Crippen LogP contribution in [0.1, 0.15) is 31.2 Å². The SMILES string of the molecule is CNC1CCC(C)CC1Sc1nnc(C)s1. The van der Waals surface area contributed by atoms with E-state index in [2.05, 4.69) is 29.5 Å². The van der Waals surface area contributed by atoms with Crippen LogP contribution in [0.2, 0.25) is 0 Å². The smallest absolute Gasteiger partial charge is 0.174 e. The average Bonchev–Trinajstić information content (AvgIpc) is 2.64. The first kappa shape index (κ1) is 12.3. The molecule has 1 N–H and O–H groups in total. The van der Waals surface area contributed by atoms with E-state index in [0.717, 1.165) is 15.3 Å². The third kappa shape index (κ3) is 2.96. The highest BCUT2D eigenvalue weighted by atomic mass is 32.2. The van der Waals surface area contributed by atoms with Gasteiger partial charge in [0.1, 0.15) is 5.01 Å². The molecule has 5 heteroatoms. The summed E-state index contributed by atoms with van der Waals surface area (Å²) in [6, 6.07) is 0.630. The van der Waals surface area contributed by atoms with Gasteiger partial charge in [0.15, 0.2) is 4.34 Å². The van der Waals surface area contributed by atoms with Gasteiger partial charge in [-0.05, 0) is 39.2 Å². The monoisotopic (exact) mass is 257 g/mol. The molecule has 3 atom stereocenters. The summed E-state index contributed by atoms with van der Waals surface area (Å²) in [6.07, 6.45) is 3.92. The molecule has 0 aliphatic heterocycles. The molecule has 3 nitrogen and oxygen atoms in total. The summed E-state index contributed by atoms with van der Waals surface area (Å²) in [5.74, 6) is 0.844. The standard InChI is InChI=1S/C11H19N3S2/c1-7-4-5-9(12-3)10(6-7)16-11-14-13-8(2)15-11/h7,9-10,12H,4-6H2,1-3H3. The molecule has 1 fully saturated rings. The zero-order valence-corrected chi connectivity index (χ0v) is 11.7. The largest absolute Gasteiger partial charge is 0.316 e. The fourth-order valence-electron chi connectivity index (χ4n) is 2.24. The maximum atomic E-state index is 4.21. The predicted octanol–water partition coefficient (Wildman–Crippen LogP) is 2.72. The van der Waals surface area contributed by atoms with E-state index >= 15 is 0 Å². The lowest BCUT2D eigenvalue weighted by atomic mass is 9.87. The molecule has 16 heavy (non-hydrogen) atoms. The normalized spacial score (nSPS) is 30.6. The van der Waals surface area contributed by atoms with Crippen LogP contribution < -0.4 is 5.32 Å². The molecule has 1 aliphatic carbocycles. The highest BCUT2D eigenvalue weighted by molar-refractivity contribution is 8.01. The summed E-state index contributed by atoms with van der Waals surface area (Å²) < 4.78 is 1.12. The topological polar surface area (TPSA) is 37.8 Å². The van der Waals surface area contributed by atoms with Crippen LogP contribution in [0.15, 0.2) is 4.34 Å². The predicted molar refractivity (Wildman–Crippen MR) is 70.2 cm³/mol. The van der Waals surface area contributed by atoms with E-state index in [1.165, 1.54) is 19.3 Å². The van der Waals surface area contributed by atoms with Crippen molar-refractivity contribution in [1.82, 2.24) is 15.5 Å². The van der Waals surface area contributed by atoms with Crippen molar-refractivity contribution in [3.63, 3.8) is 0 Å². The first-order valence-electron chi connectivity index (χ1n) is 5.83. The Kier molecular flexibility index (Phi) is 4.21. The van der Waals surface area contributed by atoms with E-state index in [0.29, 0.717) is 11.3 Å². The van der Waals surface area contributed by atoms with Gasteiger partial charge in [0, 0.05) is 11.3 Å². The van der Waals surface area contributed by atoms with Crippen molar-refractivity contribution in [2.75, 3.05) is 7.05 Å². The first-order chi connectivity index (χ1) is 7.69. The minimum absolute atomic E-state index is 0.630. The van der Waals surface area contributed by atoms with Gasteiger partial charge in [-0.15, -0.1) is 10.2 Å². The van der Waals surface area contributed by atoms with Gasteiger partial charge >= 0.3 is 0 Å². The Balaban J connectivity index is 2.00. The molecule has 1 aliphatic rings. The Labute approximate surface area is 105 Å². The van der Waals surface area contributed by atoms with E-state index in [1.54, 1.807) is 11.3 Å². The molecule has 1 aromatic heterocycles. The highest BCUT2D eigenvalue weighted by Crippen LogP contribution is 2.37. The van der Waals surface area contributed by atoms with Crippen LogP contribution in [-0.4, -0.2) is 28.5 Å². The van der Waals surface area contributed by atoms with Crippen LogP contribution in [0.25, 0.3) is 0 Å². The molecule has 0 bridgehead atoms. The lowest BCUT2D eigenvalue weighted by Crippen LogP contribution is -2.40. The van der Waals surface area contributed by atoms with Gasteiger partial charge in [0.25, 0.3) is 0 Å². The number of hydrogen-bond donors (Lipinski definition) is 1. The maximum Gasteiger partial charge on any atom is 0.174 e. The van der Waals surface area contributed by atoms with E-state index in [-0.39, 0.29) is 0 Å². The van der Waals surface area contributed by atoms with Gasteiger partial charge in [0.2, 0.25) is 0 Å². The van der Waals surface area contributed by atoms with Crippen LogP contribution in [0.4, 0.5) is 0 Å². The molecule has 90 valence electrons. The molecule has 1 aromatic rings. The molecular formula is C11H19N3S2. The third-order valence-corrected chi connectivity index (χ3v) is 5.46. The zero-order valence-electron chi connectivity index (χ0n) is 10.1. The Bertz CT molecular complexity index is 340. The fraction of sp³-hybridized carbons (Fsp3) is 0.818. The number of aromatic nitrogens is 2. The molecule has 0 amide bonds. The summed E-state index contributed by atoms with van der Waals surface area (Å²) in [5.41, 5.74) is 0. The molecule has 3 unspecified atom stereocenters.